The van der Waals surface area contributed by atoms with Crippen molar-refractivity contribution in [3.05, 3.63) is 102 Å². The number of nitrogens with zero attached hydrogens (tertiary/aromatic N) is 6. The number of benzene rings is 3. The van der Waals surface area contributed by atoms with Crippen molar-refractivity contribution in [2.24, 2.45) is 0 Å². The van der Waals surface area contributed by atoms with Crippen LogP contribution in [0, 0.1) is 5.82 Å². The lowest BCUT2D eigenvalue weighted by Crippen LogP contribution is -2.54. The molecule has 0 radical (unpaired) electrons. The molecule has 1 amide bonds. The fraction of sp³-hybridized carbons (Fsp3) is 0.214. The smallest absolute Gasteiger partial charge is 0.254 e. The minimum atomic E-state index is -0.409. The Bertz CT molecular complexity index is 1570. The molecule has 36 heavy (non-hydrogen) atoms. The van der Waals surface area contributed by atoms with E-state index < -0.39 is 5.82 Å². The van der Waals surface area contributed by atoms with Gasteiger partial charge in [0.25, 0.3) is 5.91 Å². The Labute approximate surface area is 207 Å². The molecule has 6 rings (SSSR count). The zero-order chi connectivity index (χ0) is 24.6. The second-order valence-electron chi connectivity index (χ2n) is 9.17. The molecule has 3 aromatic carbocycles. The van der Waals surface area contributed by atoms with Gasteiger partial charge in [0.15, 0.2) is 5.65 Å². The predicted octanol–water partition coefficient (Wildman–Crippen LogP) is 4.36. The summed E-state index contributed by atoms with van der Waals surface area (Å²) < 4.78 is 15.8. The van der Waals surface area contributed by atoms with Crippen molar-refractivity contribution in [2.45, 2.75) is 19.4 Å². The molecule has 7 nitrogen and oxygen atoms in total. The fourth-order valence-electron chi connectivity index (χ4n) is 4.95. The third-order valence-corrected chi connectivity index (χ3v) is 6.74. The van der Waals surface area contributed by atoms with Crippen LogP contribution >= 0.6 is 0 Å². The van der Waals surface area contributed by atoms with Gasteiger partial charge in [-0.2, -0.15) is 0 Å². The van der Waals surface area contributed by atoms with Crippen LogP contribution in [0.3, 0.4) is 0 Å². The maximum Gasteiger partial charge on any atom is 0.254 e. The van der Waals surface area contributed by atoms with E-state index in [0.29, 0.717) is 31.6 Å². The second kappa shape index (κ2) is 9.03. The van der Waals surface area contributed by atoms with E-state index in [9.17, 15) is 9.18 Å². The number of amides is 1. The van der Waals surface area contributed by atoms with Crippen LogP contribution in [0.5, 0.6) is 0 Å². The number of aromatic nitrogens is 4. The van der Waals surface area contributed by atoms with Gasteiger partial charge in [-0.15, -0.1) is 10.2 Å². The summed E-state index contributed by atoms with van der Waals surface area (Å²) in [6.07, 6.45) is 0.628. The molecule has 3 heterocycles. The number of rotatable bonds is 4. The van der Waals surface area contributed by atoms with Gasteiger partial charge in [-0.3, -0.25) is 4.79 Å². The number of fused-ring (bicyclic) bond motifs is 3. The SMILES string of the molecule is CC1CN(c2nc3ccccc3c3nnc(Cc4ccccc4)n23)CCN1C(=O)c1cccc(F)c1. The summed E-state index contributed by atoms with van der Waals surface area (Å²) in [6.45, 7) is 3.69. The van der Waals surface area contributed by atoms with Gasteiger partial charge in [0.2, 0.25) is 5.95 Å². The van der Waals surface area contributed by atoms with E-state index in [1.54, 1.807) is 17.0 Å². The summed E-state index contributed by atoms with van der Waals surface area (Å²) in [4.78, 5) is 22.1. The minimum Gasteiger partial charge on any atom is -0.338 e. The first-order valence-electron chi connectivity index (χ1n) is 12.1. The van der Waals surface area contributed by atoms with Crippen molar-refractivity contribution < 1.29 is 9.18 Å². The lowest BCUT2D eigenvalue weighted by molar-refractivity contribution is 0.0672. The first-order valence-corrected chi connectivity index (χ1v) is 12.1. The Morgan fingerprint density at radius 2 is 1.78 bits per heavy atom. The summed E-state index contributed by atoms with van der Waals surface area (Å²) >= 11 is 0. The number of carbonyl (C=O) groups excluding carboxylic acids is 1. The topological polar surface area (TPSA) is 66.6 Å². The number of anilines is 1. The molecule has 0 N–H and O–H groups in total. The molecule has 0 saturated carbocycles. The van der Waals surface area contributed by atoms with E-state index in [2.05, 4.69) is 27.2 Å². The summed E-state index contributed by atoms with van der Waals surface area (Å²) in [7, 11) is 0. The molecular formula is C28H25FN6O. The quantitative estimate of drug-likeness (QED) is 0.383. The summed E-state index contributed by atoms with van der Waals surface area (Å²) in [5.41, 5.74) is 3.13. The molecule has 5 aromatic rings. The molecule has 8 heteroatoms. The number of halogens is 1. The van der Waals surface area contributed by atoms with Crippen LogP contribution in [0.4, 0.5) is 10.3 Å². The van der Waals surface area contributed by atoms with Crippen LogP contribution in [0.1, 0.15) is 28.7 Å². The van der Waals surface area contributed by atoms with E-state index in [4.69, 9.17) is 4.98 Å². The number of hydrogen-bond donors (Lipinski definition) is 0. The largest absolute Gasteiger partial charge is 0.338 e. The van der Waals surface area contributed by atoms with Crippen LogP contribution in [0.15, 0.2) is 78.9 Å². The van der Waals surface area contributed by atoms with Gasteiger partial charge < -0.3 is 9.80 Å². The van der Waals surface area contributed by atoms with Crippen molar-refractivity contribution >= 4 is 28.4 Å². The lowest BCUT2D eigenvalue weighted by atomic mass is 10.1. The summed E-state index contributed by atoms with van der Waals surface area (Å²) in [5.74, 6) is 1.01. The molecule has 1 unspecified atom stereocenters. The van der Waals surface area contributed by atoms with Gasteiger partial charge in [-0.25, -0.2) is 13.8 Å². The number of para-hydroxylation sites is 1. The molecule has 0 spiro atoms. The lowest BCUT2D eigenvalue weighted by Gasteiger charge is -2.40. The molecule has 1 aliphatic heterocycles. The van der Waals surface area contributed by atoms with Gasteiger partial charge in [0.1, 0.15) is 11.6 Å². The Kier molecular flexibility index (Phi) is 5.56. The van der Waals surface area contributed by atoms with Gasteiger partial charge in [0.05, 0.1) is 5.52 Å². The third kappa shape index (κ3) is 3.94. The number of piperazine rings is 1. The van der Waals surface area contributed by atoms with Crippen LogP contribution in [-0.2, 0) is 6.42 Å². The highest BCUT2D eigenvalue weighted by Gasteiger charge is 2.31. The minimum absolute atomic E-state index is 0.0908. The standard InChI is InChI=1S/C28H25FN6O/c1-19-18-33(14-15-34(19)27(36)21-10-7-11-22(29)17-21)28-30-24-13-6-5-12-23(24)26-32-31-25(35(26)28)16-20-8-3-2-4-9-20/h2-13,17,19H,14-16,18H2,1H3. The van der Waals surface area contributed by atoms with E-state index in [0.717, 1.165) is 33.9 Å². The van der Waals surface area contributed by atoms with Crippen molar-refractivity contribution in [3.8, 4) is 0 Å². The highest BCUT2D eigenvalue weighted by atomic mass is 19.1. The molecule has 0 bridgehead atoms. The van der Waals surface area contributed by atoms with Crippen LogP contribution in [-0.4, -0.2) is 56.1 Å². The molecular weight excluding hydrogens is 455 g/mol. The Morgan fingerprint density at radius 3 is 2.58 bits per heavy atom. The average Bonchev–Trinajstić information content (AvgIpc) is 3.32. The third-order valence-electron chi connectivity index (χ3n) is 6.74. The number of hydrogen-bond acceptors (Lipinski definition) is 5. The molecule has 1 atom stereocenters. The zero-order valence-electron chi connectivity index (χ0n) is 19.9. The van der Waals surface area contributed by atoms with Gasteiger partial charge in [0, 0.05) is 43.0 Å². The first kappa shape index (κ1) is 22.2. The van der Waals surface area contributed by atoms with Crippen molar-refractivity contribution in [1.29, 1.82) is 0 Å². The zero-order valence-corrected chi connectivity index (χ0v) is 19.9. The predicted molar refractivity (Wildman–Crippen MR) is 137 cm³/mol. The maximum absolute atomic E-state index is 13.7. The molecule has 180 valence electrons. The van der Waals surface area contributed by atoms with Crippen LogP contribution in [0.2, 0.25) is 0 Å². The number of carbonyl (C=O) groups is 1. The Hall–Kier alpha value is -4.33. The second-order valence-corrected chi connectivity index (χ2v) is 9.17. The van der Waals surface area contributed by atoms with E-state index in [1.807, 2.05) is 53.8 Å². The molecule has 2 aromatic heterocycles. The van der Waals surface area contributed by atoms with E-state index >= 15 is 0 Å². The van der Waals surface area contributed by atoms with Crippen molar-refractivity contribution in [3.63, 3.8) is 0 Å². The Morgan fingerprint density at radius 1 is 0.972 bits per heavy atom. The van der Waals surface area contributed by atoms with E-state index in [1.165, 1.54) is 12.1 Å². The van der Waals surface area contributed by atoms with Crippen LogP contribution in [0.25, 0.3) is 16.6 Å². The average molecular weight is 481 g/mol. The normalized spacial score (nSPS) is 16.1. The first-order chi connectivity index (χ1) is 17.6. The van der Waals surface area contributed by atoms with Crippen LogP contribution < -0.4 is 4.90 Å². The Balaban J connectivity index is 1.37. The maximum atomic E-state index is 13.7. The van der Waals surface area contributed by atoms with Gasteiger partial charge >= 0.3 is 0 Å². The van der Waals surface area contributed by atoms with Crippen molar-refractivity contribution in [1.82, 2.24) is 24.5 Å². The van der Waals surface area contributed by atoms with Crippen molar-refractivity contribution in [2.75, 3.05) is 24.5 Å². The molecule has 1 aliphatic rings. The summed E-state index contributed by atoms with van der Waals surface area (Å²) in [6, 6.07) is 23.9. The highest BCUT2D eigenvalue weighted by Crippen LogP contribution is 2.27. The molecule has 1 saturated heterocycles. The highest BCUT2D eigenvalue weighted by molar-refractivity contribution is 5.95. The summed E-state index contributed by atoms with van der Waals surface area (Å²) in [5, 5.41) is 10.1. The monoisotopic (exact) mass is 480 g/mol. The van der Waals surface area contributed by atoms with Gasteiger partial charge in [-0.05, 0) is 42.8 Å². The molecule has 1 fully saturated rings. The van der Waals surface area contributed by atoms with E-state index in [-0.39, 0.29) is 11.9 Å². The van der Waals surface area contributed by atoms with Gasteiger partial charge in [-0.1, -0.05) is 48.5 Å². The fourth-order valence-corrected chi connectivity index (χ4v) is 4.95. The molecule has 0 aliphatic carbocycles.